The molecule has 0 aromatic rings. The van der Waals surface area contributed by atoms with Crippen LogP contribution >= 0.6 is 0 Å². The molecule has 0 atom stereocenters. The van der Waals surface area contributed by atoms with Gasteiger partial charge < -0.3 is 15.5 Å². The van der Waals surface area contributed by atoms with Crippen molar-refractivity contribution in [3.63, 3.8) is 0 Å². The molecule has 0 radical (unpaired) electrons. The van der Waals surface area contributed by atoms with Crippen molar-refractivity contribution in [1.29, 1.82) is 0 Å². The van der Waals surface area contributed by atoms with Crippen molar-refractivity contribution in [3.05, 3.63) is 0 Å². The SMILES string of the molecule is CC(C)CNC(=O)C(=O)NCC1CCN(C(C)C)CC1. The standard InChI is InChI=1S/C15H29N3O2/c1-11(2)9-16-14(19)15(20)17-10-13-5-7-18(8-6-13)12(3)4/h11-13H,5-10H2,1-4H3,(H,16,19)(H,17,20). The van der Waals surface area contributed by atoms with Gasteiger partial charge in [0.25, 0.3) is 0 Å². The molecule has 0 aliphatic carbocycles. The lowest BCUT2D eigenvalue weighted by molar-refractivity contribution is -0.139. The third kappa shape index (κ3) is 5.90. The van der Waals surface area contributed by atoms with Crippen molar-refractivity contribution in [2.75, 3.05) is 26.2 Å². The van der Waals surface area contributed by atoms with Crippen LogP contribution in [0.1, 0.15) is 40.5 Å². The van der Waals surface area contributed by atoms with E-state index in [1.807, 2.05) is 13.8 Å². The van der Waals surface area contributed by atoms with Crippen molar-refractivity contribution >= 4 is 11.8 Å². The lowest BCUT2D eigenvalue weighted by Gasteiger charge is -2.34. The highest BCUT2D eigenvalue weighted by atomic mass is 16.2. The van der Waals surface area contributed by atoms with Crippen molar-refractivity contribution in [1.82, 2.24) is 15.5 Å². The van der Waals surface area contributed by atoms with E-state index in [0.717, 1.165) is 25.9 Å². The maximum absolute atomic E-state index is 11.6. The molecule has 116 valence electrons. The Labute approximate surface area is 122 Å². The lowest BCUT2D eigenvalue weighted by atomic mass is 9.96. The van der Waals surface area contributed by atoms with Crippen molar-refractivity contribution in [2.45, 2.75) is 46.6 Å². The van der Waals surface area contributed by atoms with Gasteiger partial charge in [-0.05, 0) is 51.6 Å². The number of nitrogens with one attached hydrogen (secondary N) is 2. The smallest absolute Gasteiger partial charge is 0.309 e. The molecule has 1 fully saturated rings. The van der Waals surface area contributed by atoms with Crippen LogP contribution in [0.2, 0.25) is 0 Å². The fourth-order valence-electron chi connectivity index (χ4n) is 2.37. The summed E-state index contributed by atoms with van der Waals surface area (Å²) in [6, 6.07) is 0.590. The van der Waals surface area contributed by atoms with Crippen LogP contribution in [0.15, 0.2) is 0 Å². The molecule has 1 rings (SSSR count). The second-order valence-corrected chi connectivity index (χ2v) is 6.39. The number of hydrogen-bond acceptors (Lipinski definition) is 3. The van der Waals surface area contributed by atoms with Crippen LogP contribution in [-0.2, 0) is 9.59 Å². The first-order valence-corrected chi connectivity index (χ1v) is 7.70. The van der Waals surface area contributed by atoms with E-state index < -0.39 is 11.8 Å². The molecule has 5 heteroatoms. The zero-order valence-corrected chi connectivity index (χ0v) is 13.2. The highest BCUT2D eigenvalue weighted by molar-refractivity contribution is 6.35. The average Bonchev–Trinajstić information content (AvgIpc) is 2.42. The van der Waals surface area contributed by atoms with Crippen LogP contribution in [0.4, 0.5) is 0 Å². The first kappa shape index (κ1) is 17.0. The summed E-state index contributed by atoms with van der Waals surface area (Å²) in [4.78, 5) is 25.6. The van der Waals surface area contributed by atoms with Gasteiger partial charge >= 0.3 is 11.8 Å². The number of nitrogens with zero attached hydrogens (tertiary/aromatic N) is 1. The van der Waals surface area contributed by atoms with Gasteiger partial charge in [0, 0.05) is 19.1 Å². The summed E-state index contributed by atoms with van der Waals surface area (Å²) in [5.41, 5.74) is 0. The maximum atomic E-state index is 11.6. The first-order chi connectivity index (χ1) is 9.40. The Morgan fingerprint density at radius 1 is 1.05 bits per heavy atom. The summed E-state index contributed by atoms with van der Waals surface area (Å²) in [5, 5.41) is 5.38. The van der Waals surface area contributed by atoms with Gasteiger partial charge in [0.1, 0.15) is 0 Å². The summed E-state index contributed by atoms with van der Waals surface area (Å²) in [6.07, 6.45) is 2.18. The summed E-state index contributed by atoms with van der Waals surface area (Å²) >= 11 is 0. The Balaban J connectivity index is 2.20. The molecule has 5 nitrogen and oxygen atoms in total. The normalized spacial score (nSPS) is 17.5. The van der Waals surface area contributed by atoms with Crippen LogP contribution in [0.25, 0.3) is 0 Å². The molecule has 0 saturated carbocycles. The summed E-state index contributed by atoms with van der Waals surface area (Å²) in [5.74, 6) is -0.172. The highest BCUT2D eigenvalue weighted by Crippen LogP contribution is 2.17. The maximum Gasteiger partial charge on any atom is 0.309 e. The van der Waals surface area contributed by atoms with E-state index in [9.17, 15) is 9.59 Å². The van der Waals surface area contributed by atoms with Crippen LogP contribution < -0.4 is 10.6 Å². The van der Waals surface area contributed by atoms with Crippen molar-refractivity contribution in [3.8, 4) is 0 Å². The van der Waals surface area contributed by atoms with Crippen LogP contribution in [0.5, 0.6) is 0 Å². The molecule has 1 heterocycles. The predicted molar refractivity (Wildman–Crippen MR) is 80.3 cm³/mol. The summed E-state index contributed by atoms with van der Waals surface area (Å²) < 4.78 is 0. The van der Waals surface area contributed by atoms with E-state index >= 15 is 0 Å². The zero-order valence-electron chi connectivity index (χ0n) is 13.2. The molecule has 0 unspecified atom stereocenters. The van der Waals surface area contributed by atoms with E-state index in [1.165, 1.54) is 0 Å². The van der Waals surface area contributed by atoms with Gasteiger partial charge in [-0.15, -0.1) is 0 Å². The summed E-state index contributed by atoms with van der Waals surface area (Å²) in [7, 11) is 0. The second-order valence-electron chi connectivity index (χ2n) is 6.39. The molecule has 2 N–H and O–H groups in total. The van der Waals surface area contributed by atoms with Gasteiger partial charge in [0.05, 0.1) is 0 Å². The van der Waals surface area contributed by atoms with Gasteiger partial charge in [0.15, 0.2) is 0 Å². The minimum Gasteiger partial charge on any atom is -0.348 e. The van der Waals surface area contributed by atoms with Crippen LogP contribution in [0, 0.1) is 11.8 Å². The van der Waals surface area contributed by atoms with E-state index in [4.69, 9.17) is 0 Å². The Morgan fingerprint density at radius 2 is 1.60 bits per heavy atom. The Kier molecular flexibility index (Phi) is 6.99. The molecule has 20 heavy (non-hydrogen) atoms. The van der Waals surface area contributed by atoms with Gasteiger partial charge in [-0.2, -0.15) is 0 Å². The molecule has 0 aromatic heterocycles. The molecular weight excluding hydrogens is 254 g/mol. The lowest BCUT2D eigenvalue weighted by Crippen LogP contribution is -2.45. The molecule has 1 aliphatic rings. The first-order valence-electron chi connectivity index (χ1n) is 7.70. The number of carbonyl (C=O) groups excluding carboxylic acids is 2. The zero-order chi connectivity index (χ0) is 15.1. The average molecular weight is 283 g/mol. The summed E-state index contributed by atoms with van der Waals surface area (Å²) in [6.45, 7) is 11.7. The van der Waals surface area contributed by atoms with E-state index in [1.54, 1.807) is 0 Å². The molecule has 1 saturated heterocycles. The van der Waals surface area contributed by atoms with Gasteiger partial charge in [-0.1, -0.05) is 13.8 Å². The number of likely N-dealkylation sites (tertiary alicyclic amines) is 1. The van der Waals surface area contributed by atoms with Gasteiger partial charge in [-0.25, -0.2) is 0 Å². The molecule has 0 bridgehead atoms. The van der Waals surface area contributed by atoms with Gasteiger partial charge in [0.2, 0.25) is 0 Å². The molecule has 0 spiro atoms. The second kappa shape index (κ2) is 8.25. The number of piperidine rings is 1. The largest absolute Gasteiger partial charge is 0.348 e. The van der Waals surface area contributed by atoms with Crippen LogP contribution in [0.3, 0.4) is 0 Å². The number of rotatable bonds is 5. The highest BCUT2D eigenvalue weighted by Gasteiger charge is 2.22. The third-order valence-corrected chi connectivity index (χ3v) is 3.81. The minimum atomic E-state index is -0.515. The topological polar surface area (TPSA) is 61.4 Å². The monoisotopic (exact) mass is 283 g/mol. The predicted octanol–water partition coefficient (Wildman–Crippen LogP) is 0.995. The van der Waals surface area contributed by atoms with Crippen LogP contribution in [-0.4, -0.2) is 48.9 Å². The van der Waals surface area contributed by atoms with E-state index in [2.05, 4.69) is 29.4 Å². The molecular formula is C15H29N3O2. The number of carbonyl (C=O) groups is 2. The molecule has 2 amide bonds. The van der Waals surface area contributed by atoms with Gasteiger partial charge in [-0.3, -0.25) is 9.59 Å². The Morgan fingerprint density at radius 3 is 2.10 bits per heavy atom. The quantitative estimate of drug-likeness (QED) is 0.740. The minimum absolute atomic E-state index is 0.354. The van der Waals surface area contributed by atoms with E-state index in [-0.39, 0.29) is 0 Å². The Bertz CT molecular complexity index is 321. The number of amides is 2. The molecule has 1 aliphatic heterocycles. The fourth-order valence-corrected chi connectivity index (χ4v) is 2.37. The molecule has 0 aromatic carbocycles. The van der Waals surface area contributed by atoms with Crippen molar-refractivity contribution < 1.29 is 9.59 Å². The third-order valence-electron chi connectivity index (χ3n) is 3.81. The number of hydrogen-bond donors (Lipinski definition) is 2. The van der Waals surface area contributed by atoms with Crippen molar-refractivity contribution in [2.24, 2.45) is 11.8 Å². The van der Waals surface area contributed by atoms with E-state index in [0.29, 0.717) is 31.0 Å². The fraction of sp³-hybridized carbons (Fsp3) is 0.867. The Hall–Kier alpha value is -1.10.